The van der Waals surface area contributed by atoms with Crippen LogP contribution in [-0.2, 0) is 14.8 Å². The van der Waals surface area contributed by atoms with Crippen molar-refractivity contribution >= 4 is 67.3 Å². The molecule has 27 heavy (non-hydrogen) atoms. The van der Waals surface area contributed by atoms with E-state index in [1.807, 2.05) is 0 Å². The molecule has 0 heterocycles. The van der Waals surface area contributed by atoms with Crippen molar-refractivity contribution in [3.8, 4) is 5.75 Å². The summed E-state index contributed by atoms with van der Waals surface area (Å²) < 4.78 is 33.1. The number of hydrogen-bond acceptors (Lipinski definition) is 4. The number of anilines is 1. The summed E-state index contributed by atoms with van der Waals surface area (Å²) in [6.45, 7) is 1.23. The maximum atomic E-state index is 12.7. The number of fused-ring (bicyclic) bond motifs is 1. The molecule has 0 aliphatic carbocycles. The van der Waals surface area contributed by atoms with E-state index in [4.69, 9.17) is 39.5 Å². The number of carbonyl (C=O) groups is 1. The Kier molecular flexibility index (Phi) is 5.53. The summed E-state index contributed by atoms with van der Waals surface area (Å²) in [4.78, 5) is 11.4. The number of carbonyl (C=O) groups excluding carboxylic acids is 1. The van der Waals surface area contributed by atoms with Gasteiger partial charge in [0.15, 0.2) is 5.75 Å². The van der Waals surface area contributed by atoms with Crippen molar-refractivity contribution in [2.24, 2.45) is 0 Å². The number of ether oxygens (including phenoxy) is 1. The quantitative estimate of drug-likeness (QED) is 0.424. The van der Waals surface area contributed by atoms with Gasteiger partial charge in [-0.05, 0) is 24.3 Å². The smallest absolute Gasteiger partial charge is 0.308 e. The van der Waals surface area contributed by atoms with E-state index in [2.05, 4.69) is 4.72 Å². The summed E-state index contributed by atoms with van der Waals surface area (Å²) in [5.74, 6) is -0.508. The predicted octanol–water partition coefficient (Wildman–Crippen LogP) is 5.53. The van der Waals surface area contributed by atoms with E-state index >= 15 is 0 Å². The molecule has 0 amide bonds. The normalized spacial score (nSPS) is 11.4. The Hall–Kier alpha value is -1.99. The third-order valence-electron chi connectivity index (χ3n) is 3.66. The predicted molar refractivity (Wildman–Crippen MR) is 108 cm³/mol. The summed E-state index contributed by atoms with van der Waals surface area (Å²) in [7, 11) is -3.96. The minimum Gasteiger partial charge on any atom is -0.424 e. The van der Waals surface area contributed by atoms with Gasteiger partial charge in [0, 0.05) is 22.7 Å². The molecule has 3 aromatic rings. The van der Waals surface area contributed by atoms with Crippen molar-refractivity contribution in [1.29, 1.82) is 0 Å². The van der Waals surface area contributed by atoms with Crippen molar-refractivity contribution in [1.82, 2.24) is 0 Å². The van der Waals surface area contributed by atoms with Crippen LogP contribution in [0.15, 0.2) is 53.4 Å². The van der Waals surface area contributed by atoms with Gasteiger partial charge in [-0.3, -0.25) is 9.52 Å². The van der Waals surface area contributed by atoms with Gasteiger partial charge < -0.3 is 4.74 Å². The molecule has 0 fully saturated rings. The largest absolute Gasteiger partial charge is 0.424 e. The number of benzene rings is 3. The van der Waals surface area contributed by atoms with Crippen LogP contribution in [0.5, 0.6) is 5.75 Å². The van der Waals surface area contributed by atoms with Gasteiger partial charge in [0.1, 0.15) is 5.02 Å². The van der Waals surface area contributed by atoms with Crippen LogP contribution in [0, 0.1) is 0 Å². The molecule has 3 rings (SSSR count). The average molecular weight is 445 g/mol. The number of esters is 1. The second kappa shape index (κ2) is 7.56. The molecule has 9 heteroatoms. The molecule has 0 aliphatic heterocycles. The highest BCUT2D eigenvalue weighted by Gasteiger charge is 2.23. The number of nitrogens with one attached hydrogen (secondary N) is 1. The lowest BCUT2D eigenvalue weighted by Gasteiger charge is -2.17. The first kappa shape index (κ1) is 19.8. The van der Waals surface area contributed by atoms with Crippen LogP contribution in [0.2, 0.25) is 15.1 Å². The van der Waals surface area contributed by atoms with Gasteiger partial charge in [0.05, 0.1) is 15.6 Å². The highest BCUT2D eigenvalue weighted by molar-refractivity contribution is 7.92. The monoisotopic (exact) mass is 443 g/mol. The maximum Gasteiger partial charge on any atom is 0.308 e. The van der Waals surface area contributed by atoms with Crippen LogP contribution in [0.3, 0.4) is 0 Å². The third-order valence-corrected chi connectivity index (χ3v) is 6.11. The first-order valence-electron chi connectivity index (χ1n) is 7.57. The van der Waals surface area contributed by atoms with E-state index < -0.39 is 16.0 Å². The van der Waals surface area contributed by atoms with Crippen molar-refractivity contribution < 1.29 is 17.9 Å². The van der Waals surface area contributed by atoms with Crippen LogP contribution in [0.4, 0.5) is 5.69 Å². The molecule has 0 saturated heterocycles. The summed E-state index contributed by atoms with van der Waals surface area (Å²) in [5.41, 5.74) is 0.0862. The Morgan fingerprint density at radius 3 is 2.11 bits per heavy atom. The highest BCUT2D eigenvalue weighted by Crippen LogP contribution is 2.46. The summed E-state index contributed by atoms with van der Waals surface area (Å²) in [5, 5.41) is 1.13. The fourth-order valence-corrected chi connectivity index (χ4v) is 4.24. The molecule has 3 aromatic carbocycles. The fourth-order valence-electron chi connectivity index (χ4n) is 2.50. The molecule has 0 saturated carbocycles. The van der Waals surface area contributed by atoms with Crippen LogP contribution in [-0.4, -0.2) is 14.4 Å². The first-order chi connectivity index (χ1) is 12.7. The van der Waals surface area contributed by atoms with Gasteiger partial charge in [-0.2, -0.15) is 0 Å². The summed E-state index contributed by atoms with van der Waals surface area (Å²) in [6, 6.07) is 12.4. The zero-order chi connectivity index (χ0) is 19.8. The molecule has 5 nitrogen and oxygen atoms in total. The molecule has 1 N–H and O–H groups in total. The van der Waals surface area contributed by atoms with E-state index in [1.165, 1.54) is 31.2 Å². The van der Waals surface area contributed by atoms with E-state index in [0.717, 1.165) is 0 Å². The van der Waals surface area contributed by atoms with Gasteiger partial charge in [0.25, 0.3) is 10.0 Å². The van der Waals surface area contributed by atoms with Gasteiger partial charge in [0.2, 0.25) is 0 Å². The Morgan fingerprint density at radius 2 is 1.52 bits per heavy atom. The molecule has 0 atom stereocenters. The minimum atomic E-state index is -3.96. The second-order valence-corrected chi connectivity index (χ2v) is 8.41. The Balaban J connectivity index is 2.19. The molecular formula is C18H12Cl3NO4S. The molecule has 140 valence electrons. The lowest BCUT2D eigenvalue weighted by molar-refractivity contribution is -0.131. The summed E-state index contributed by atoms with van der Waals surface area (Å²) >= 11 is 18.4. The number of rotatable bonds is 4. The van der Waals surface area contributed by atoms with Gasteiger partial charge in [-0.15, -0.1) is 0 Å². The van der Waals surface area contributed by atoms with Crippen LogP contribution in [0.25, 0.3) is 10.8 Å². The topological polar surface area (TPSA) is 72.5 Å². The molecule has 0 radical (unpaired) electrons. The molecule has 0 spiro atoms. The van der Waals surface area contributed by atoms with Crippen molar-refractivity contribution in [2.45, 2.75) is 11.8 Å². The zero-order valence-electron chi connectivity index (χ0n) is 13.8. The van der Waals surface area contributed by atoms with Crippen molar-refractivity contribution in [3.05, 3.63) is 63.6 Å². The van der Waals surface area contributed by atoms with Crippen molar-refractivity contribution in [2.75, 3.05) is 4.72 Å². The number of sulfonamides is 1. The van der Waals surface area contributed by atoms with Gasteiger partial charge in [-0.25, -0.2) is 8.42 Å². The molecule has 0 aromatic heterocycles. The molecular weight excluding hydrogens is 433 g/mol. The summed E-state index contributed by atoms with van der Waals surface area (Å²) in [6.07, 6.45) is 0. The zero-order valence-corrected chi connectivity index (χ0v) is 16.9. The van der Waals surface area contributed by atoms with Gasteiger partial charge in [-0.1, -0.05) is 59.1 Å². The van der Waals surface area contributed by atoms with E-state index in [1.54, 1.807) is 24.3 Å². The highest BCUT2D eigenvalue weighted by atomic mass is 35.5. The SMILES string of the molecule is CC(=O)Oc1c(Cl)c(Cl)c(NS(=O)(=O)c2ccc(Cl)cc2)c2ccccc12. The Labute approximate surface area is 170 Å². The van der Waals surface area contributed by atoms with E-state index in [-0.39, 0.29) is 26.4 Å². The number of hydrogen-bond donors (Lipinski definition) is 1. The van der Waals surface area contributed by atoms with Gasteiger partial charge >= 0.3 is 5.97 Å². The molecule has 0 bridgehead atoms. The molecule has 0 aliphatic rings. The first-order valence-corrected chi connectivity index (χ1v) is 10.2. The van der Waals surface area contributed by atoms with Crippen LogP contribution in [0.1, 0.15) is 6.92 Å². The lowest BCUT2D eigenvalue weighted by Crippen LogP contribution is -2.14. The lowest BCUT2D eigenvalue weighted by atomic mass is 10.1. The fraction of sp³-hybridized carbons (Fsp3) is 0.0556. The average Bonchev–Trinajstić information content (AvgIpc) is 2.62. The second-order valence-electron chi connectivity index (χ2n) is 5.53. The van der Waals surface area contributed by atoms with E-state index in [0.29, 0.717) is 15.8 Å². The Bertz CT molecular complexity index is 1150. The minimum absolute atomic E-state index is 0.00670. The number of halogens is 3. The molecule has 0 unspecified atom stereocenters. The third kappa shape index (κ3) is 3.99. The maximum absolute atomic E-state index is 12.7. The standard InChI is InChI=1S/C18H12Cl3NO4S/c1-10(23)26-18-14-5-3-2-4-13(14)17(15(20)16(18)21)22-27(24,25)12-8-6-11(19)7-9-12/h2-9,22H,1H3. The van der Waals surface area contributed by atoms with Crippen LogP contribution >= 0.6 is 34.8 Å². The van der Waals surface area contributed by atoms with Crippen molar-refractivity contribution in [3.63, 3.8) is 0 Å². The van der Waals surface area contributed by atoms with Crippen LogP contribution < -0.4 is 9.46 Å². The Morgan fingerprint density at radius 1 is 0.926 bits per heavy atom. The van der Waals surface area contributed by atoms with E-state index in [9.17, 15) is 13.2 Å².